The first-order chi connectivity index (χ1) is 10.6. The molecule has 22 heavy (non-hydrogen) atoms. The van der Waals surface area contributed by atoms with Gasteiger partial charge in [0, 0.05) is 10.9 Å². The first kappa shape index (κ1) is 14.3. The SMILES string of the molecule is COc1ccc(-c2csc3ncn(CC(=O)[O-])c(=O)c23)cc1. The van der Waals surface area contributed by atoms with Crippen LogP contribution in [0.3, 0.4) is 0 Å². The summed E-state index contributed by atoms with van der Waals surface area (Å²) in [4.78, 5) is 27.9. The molecule has 112 valence electrons. The Kier molecular flexibility index (Phi) is 3.64. The third-order valence-corrected chi connectivity index (χ3v) is 4.15. The largest absolute Gasteiger partial charge is 0.548 e. The number of aliphatic carboxylic acids is 1. The summed E-state index contributed by atoms with van der Waals surface area (Å²) in [5.74, 6) is -0.611. The van der Waals surface area contributed by atoms with Crippen molar-refractivity contribution < 1.29 is 14.6 Å². The number of ether oxygens (including phenoxy) is 1. The Hall–Kier alpha value is -2.67. The minimum atomic E-state index is -1.33. The second kappa shape index (κ2) is 5.61. The molecule has 0 unspecified atom stereocenters. The average molecular weight is 315 g/mol. The number of carbonyl (C=O) groups is 1. The average Bonchev–Trinajstić information content (AvgIpc) is 2.94. The van der Waals surface area contributed by atoms with Gasteiger partial charge in [-0.2, -0.15) is 0 Å². The van der Waals surface area contributed by atoms with Gasteiger partial charge in [-0.05, 0) is 17.7 Å². The number of carboxylic acid groups (broad SMARTS) is 1. The molecule has 0 saturated heterocycles. The number of methoxy groups -OCH3 is 1. The van der Waals surface area contributed by atoms with Gasteiger partial charge in [0.1, 0.15) is 10.6 Å². The molecule has 3 aromatic rings. The number of carboxylic acids is 1. The van der Waals surface area contributed by atoms with Gasteiger partial charge in [-0.3, -0.25) is 9.36 Å². The van der Waals surface area contributed by atoms with E-state index >= 15 is 0 Å². The molecular weight excluding hydrogens is 304 g/mol. The van der Waals surface area contributed by atoms with Gasteiger partial charge in [-0.25, -0.2) is 4.98 Å². The van der Waals surface area contributed by atoms with E-state index in [2.05, 4.69) is 4.98 Å². The summed E-state index contributed by atoms with van der Waals surface area (Å²) >= 11 is 1.34. The Labute approximate surface area is 129 Å². The van der Waals surface area contributed by atoms with E-state index in [1.807, 2.05) is 17.5 Å². The topological polar surface area (TPSA) is 84.2 Å². The van der Waals surface area contributed by atoms with Gasteiger partial charge >= 0.3 is 0 Å². The molecule has 0 aliphatic heterocycles. The number of fused-ring (bicyclic) bond motifs is 1. The second-order valence-electron chi connectivity index (χ2n) is 4.61. The van der Waals surface area contributed by atoms with Crippen LogP contribution in [0.5, 0.6) is 5.75 Å². The summed E-state index contributed by atoms with van der Waals surface area (Å²) in [7, 11) is 1.58. The lowest BCUT2D eigenvalue weighted by Crippen LogP contribution is -2.32. The Morgan fingerprint density at radius 3 is 2.73 bits per heavy atom. The molecule has 0 saturated carbocycles. The number of hydrogen-bond acceptors (Lipinski definition) is 6. The highest BCUT2D eigenvalue weighted by Gasteiger charge is 2.13. The fraction of sp³-hybridized carbons (Fsp3) is 0.133. The van der Waals surface area contributed by atoms with E-state index in [1.54, 1.807) is 19.2 Å². The molecule has 3 rings (SSSR count). The van der Waals surface area contributed by atoms with E-state index in [4.69, 9.17) is 4.74 Å². The van der Waals surface area contributed by atoms with Gasteiger partial charge in [0.05, 0.1) is 31.3 Å². The van der Waals surface area contributed by atoms with Crippen LogP contribution < -0.4 is 15.4 Å². The van der Waals surface area contributed by atoms with Crippen LogP contribution in [0.25, 0.3) is 21.3 Å². The Morgan fingerprint density at radius 2 is 2.09 bits per heavy atom. The minimum Gasteiger partial charge on any atom is -0.548 e. The van der Waals surface area contributed by atoms with Crippen LogP contribution in [0, 0.1) is 0 Å². The monoisotopic (exact) mass is 315 g/mol. The number of aromatic nitrogens is 2. The highest BCUT2D eigenvalue weighted by molar-refractivity contribution is 7.17. The minimum absolute atomic E-state index is 0.388. The highest BCUT2D eigenvalue weighted by Crippen LogP contribution is 2.31. The number of nitrogens with zero attached hydrogens (tertiary/aromatic N) is 2. The molecule has 0 atom stereocenters. The molecule has 1 aromatic carbocycles. The molecule has 0 bridgehead atoms. The van der Waals surface area contributed by atoms with Crippen molar-refractivity contribution in [3.8, 4) is 16.9 Å². The van der Waals surface area contributed by atoms with Gasteiger partial charge in [0.25, 0.3) is 5.56 Å². The van der Waals surface area contributed by atoms with Crippen LogP contribution in [-0.2, 0) is 11.3 Å². The number of benzene rings is 1. The number of thiophene rings is 1. The first-order valence-corrected chi connectivity index (χ1v) is 7.29. The van der Waals surface area contributed by atoms with E-state index in [9.17, 15) is 14.7 Å². The fourth-order valence-electron chi connectivity index (χ4n) is 2.20. The molecule has 0 N–H and O–H groups in total. The Bertz CT molecular complexity index is 896. The number of hydrogen-bond donors (Lipinski definition) is 0. The predicted molar refractivity (Wildman–Crippen MR) is 80.9 cm³/mol. The van der Waals surface area contributed by atoms with Crippen LogP contribution in [0.1, 0.15) is 0 Å². The van der Waals surface area contributed by atoms with Crippen molar-refractivity contribution in [2.75, 3.05) is 7.11 Å². The lowest BCUT2D eigenvalue weighted by atomic mass is 10.1. The van der Waals surface area contributed by atoms with Crippen molar-refractivity contribution >= 4 is 27.5 Å². The number of rotatable bonds is 4. The van der Waals surface area contributed by atoms with E-state index in [0.29, 0.717) is 10.2 Å². The molecule has 0 amide bonds. The zero-order valence-electron chi connectivity index (χ0n) is 11.6. The van der Waals surface area contributed by atoms with Crippen molar-refractivity contribution in [3.05, 3.63) is 46.3 Å². The molecule has 0 aliphatic carbocycles. The molecule has 0 radical (unpaired) electrons. The van der Waals surface area contributed by atoms with Crippen molar-refractivity contribution in [3.63, 3.8) is 0 Å². The van der Waals surface area contributed by atoms with Crippen molar-refractivity contribution in [1.29, 1.82) is 0 Å². The zero-order chi connectivity index (χ0) is 15.7. The van der Waals surface area contributed by atoms with Crippen LogP contribution >= 0.6 is 11.3 Å². The third-order valence-electron chi connectivity index (χ3n) is 3.26. The maximum atomic E-state index is 12.5. The van der Waals surface area contributed by atoms with Crippen LogP contribution in [0.2, 0.25) is 0 Å². The summed E-state index contributed by atoms with van der Waals surface area (Å²) in [6, 6.07) is 7.29. The molecule has 6 nitrogen and oxygen atoms in total. The van der Waals surface area contributed by atoms with Gasteiger partial charge < -0.3 is 14.6 Å². The smallest absolute Gasteiger partial charge is 0.263 e. The Morgan fingerprint density at radius 1 is 1.36 bits per heavy atom. The molecule has 7 heteroatoms. The summed E-state index contributed by atoms with van der Waals surface area (Å²) < 4.78 is 6.15. The second-order valence-corrected chi connectivity index (χ2v) is 5.47. The van der Waals surface area contributed by atoms with E-state index in [0.717, 1.165) is 21.4 Å². The van der Waals surface area contributed by atoms with Gasteiger partial charge in [-0.15, -0.1) is 11.3 Å². The van der Waals surface area contributed by atoms with Crippen molar-refractivity contribution in [2.45, 2.75) is 6.54 Å². The van der Waals surface area contributed by atoms with Gasteiger partial charge in [0.2, 0.25) is 0 Å². The maximum Gasteiger partial charge on any atom is 0.263 e. The van der Waals surface area contributed by atoms with E-state index < -0.39 is 12.5 Å². The van der Waals surface area contributed by atoms with E-state index in [-0.39, 0.29) is 5.56 Å². The normalized spacial score (nSPS) is 10.8. The number of carbonyl (C=O) groups excluding carboxylic acids is 1. The highest BCUT2D eigenvalue weighted by atomic mass is 32.1. The summed E-state index contributed by atoms with van der Waals surface area (Å²) in [6.45, 7) is -0.514. The van der Waals surface area contributed by atoms with Crippen molar-refractivity contribution in [1.82, 2.24) is 9.55 Å². The zero-order valence-corrected chi connectivity index (χ0v) is 12.4. The summed E-state index contributed by atoms with van der Waals surface area (Å²) in [6.07, 6.45) is 1.23. The van der Waals surface area contributed by atoms with Gasteiger partial charge in [-0.1, -0.05) is 12.1 Å². The summed E-state index contributed by atoms with van der Waals surface area (Å²) in [5, 5.41) is 13.0. The predicted octanol–water partition coefficient (Wildman–Crippen LogP) is 0.883. The standard InChI is InChI=1S/C15H12N2O4S/c1-21-10-4-2-9(3-5-10)11-7-22-14-13(11)15(20)17(8-16-14)6-12(18)19/h2-5,7-8H,6H2,1H3,(H,18,19)/p-1. The molecule has 0 fully saturated rings. The Balaban J connectivity index is 2.17. The summed E-state index contributed by atoms with van der Waals surface area (Å²) in [5.41, 5.74) is 1.19. The van der Waals surface area contributed by atoms with Crippen LogP contribution in [0.15, 0.2) is 40.8 Å². The first-order valence-electron chi connectivity index (χ1n) is 6.41. The molecular formula is C15H11N2O4S-. The lowest BCUT2D eigenvalue weighted by molar-refractivity contribution is -0.306. The lowest BCUT2D eigenvalue weighted by Gasteiger charge is -2.07. The van der Waals surface area contributed by atoms with Crippen LogP contribution in [-0.4, -0.2) is 22.6 Å². The van der Waals surface area contributed by atoms with Crippen molar-refractivity contribution in [2.24, 2.45) is 0 Å². The molecule has 0 aliphatic rings. The molecule has 2 aromatic heterocycles. The van der Waals surface area contributed by atoms with Gasteiger partial charge in [0.15, 0.2) is 0 Å². The van der Waals surface area contributed by atoms with Crippen LogP contribution in [0.4, 0.5) is 0 Å². The van der Waals surface area contributed by atoms with E-state index in [1.165, 1.54) is 17.7 Å². The molecule has 2 heterocycles. The quantitative estimate of drug-likeness (QED) is 0.713. The fourth-order valence-corrected chi connectivity index (χ4v) is 3.11. The maximum absolute atomic E-state index is 12.5. The molecule has 0 spiro atoms. The third kappa shape index (κ3) is 2.46.